The molecule has 0 aromatic heterocycles. The average molecular weight is 179 g/mol. The fraction of sp³-hybridized carbons (Fsp3) is 0.100. The summed E-state index contributed by atoms with van der Waals surface area (Å²) in [5.74, 6) is -0.260. The van der Waals surface area contributed by atoms with E-state index in [9.17, 15) is 4.39 Å². The molecule has 68 valence electrons. The summed E-state index contributed by atoms with van der Waals surface area (Å²) in [6, 6.07) is 6.06. The molecule has 0 unspecified atom stereocenters. The molecule has 0 bridgehead atoms. The molecule has 0 aliphatic rings. The second-order valence-electron chi connectivity index (χ2n) is 2.63. The van der Waals surface area contributed by atoms with Crippen molar-refractivity contribution in [1.29, 1.82) is 0 Å². The topological polar surface area (TPSA) is 32.6 Å². The molecule has 1 N–H and O–H groups in total. The number of benzene rings is 1. The van der Waals surface area contributed by atoms with Gasteiger partial charge in [0.15, 0.2) is 0 Å². The van der Waals surface area contributed by atoms with Gasteiger partial charge in [0.2, 0.25) is 0 Å². The predicted octanol–water partition coefficient (Wildman–Crippen LogP) is 2.69. The molecule has 0 radical (unpaired) electrons. The fourth-order valence-corrected chi connectivity index (χ4v) is 0.824. The van der Waals surface area contributed by atoms with E-state index in [1.807, 2.05) is 0 Å². The molecule has 13 heavy (non-hydrogen) atoms. The largest absolute Gasteiger partial charge is 0.411 e. The van der Waals surface area contributed by atoms with Crippen LogP contribution < -0.4 is 0 Å². The maximum atomic E-state index is 12.5. The molecule has 1 rings (SSSR count). The Balaban J connectivity index is 2.75. The third-order valence-corrected chi connectivity index (χ3v) is 1.54. The lowest BCUT2D eigenvalue weighted by Crippen LogP contribution is -1.82. The fourth-order valence-electron chi connectivity index (χ4n) is 0.824. The van der Waals surface area contributed by atoms with Crippen molar-refractivity contribution in [1.82, 2.24) is 0 Å². The summed E-state index contributed by atoms with van der Waals surface area (Å²) in [7, 11) is 0. The van der Waals surface area contributed by atoms with Crippen molar-refractivity contribution in [3.05, 3.63) is 41.7 Å². The maximum Gasteiger partial charge on any atom is 0.123 e. The van der Waals surface area contributed by atoms with Crippen LogP contribution in [0.2, 0.25) is 0 Å². The van der Waals surface area contributed by atoms with Gasteiger partial charge in [-0.3, -0.25) is 0 Å². The number of hydrogen-bond donors (Lipinski definition) is 1. The van der Waals surface area contributed by atoms with Gasteiger partial charge in [-0.05, 0) is 30.7 Å². The molecule has 0 saturated carbocycles. The summed E-state index contributed by atoms with van der Waals surface area (Å²) in [6.45, 7) is 1.67. The Morgan fingerprint density at radius 2 is 2.00 bits per heavy atom. The van der Waals surface area contributed by atoms with Crippen molar-refractivity contribution in [2.45, 2.75) is 6.92 Å². The van der Waals surface area contributed by atoms with Gasteiger partial charge in [0, 0.05) is 0 Å². The standard InChI is InChI=1S/C10H10FNO/c1-8(12-13)2-3-9-4-6-10(11)7-5-9/h2-7,13H,1H3/b3-2+,12-8+. The number of rotatable bonds is 2. The molecule has 0 spiro atoms. The molecule has 0 aliphatic carbocycles. The Labute approximate surface area is 76.0 Å². The molecular weight excluding hydrogens is 169 g/mol. The minimum Gasteiger partial charge on any atom is -0.411 e. The second-order valence-corrected chi connectivity index (χ2v) is 2.63. The number of allylic oxidation sites excluding steroid dienone is 1. The summed E-state index contributed by atoms with van der Waals surface area (Å²) in [6.07, 6.45) is 3.39. The third kappa shape index (κ3) is 3.07. The Morgan fingerprint density at radius 1 is 1.38 bits per heavy atom. The van der Waals surface area contributed by atoms with Crippen LogP contribution >= 0.6 is 0 Å². The van der Waals surface area contributed by atoms with Crippen molar-refractivity contribution in [3.63, 3.8) is 0 Å². The normalized spacial score (nSPS) is 12.3. The first-order chi connectivity index (χ1) is 6.22. The Hall–Kier alpha value is -1.64. The van der Waals surface area contributed by atoms with Crippen LogP contribution in [0.1, 0.15) is 12.5 Å². The van der Waals surface area contributed by atoms with E-state index in [-0.39, 0.29) is 5.82 Å². The van der Waals surface area contributed by atoms with Gasteiger partial charge in [-0.25, -0.2) is 4.39 Å². The molecule has 1 aromatic carbocycles. The van der Waals surface area contributed by atoms with Gasteiger partial charge < -0.3 is 5.21 Å². The van der Waals surface area contributed by atoms with Crippen LogP contribution in [0.4, 0.5) is 4.39 Å². The van der Waals surface area contributed by atoms with E-state index in [4.69, 9.17) is 5.21 Å². The smallest absolute Gasteiger partial charge is 0.123 e. The van der Waals surface area contributed by atoms with Gasteiger partial charge in [0.25, 0.3) is 0 Å². The van der Waals surface area contributed by atoms with Gasteiger partial charge in [-0.2, -0.15) is 0 Å². The van der Waals surface area contributed by atoms with E-state index in [1.165, 1.54) is 12.1 Å². The zero-order valence-corrected chi connectivity index (χ0v) is 7.24. The van der Waals surface area contributed by atoms with Gasteiger partial charge in [0.1, 0.15) is 5.82 Å². The van der Waals surface area contributed by atoms with E-state index < -0.39 is 0 Å². The van der Waals surface area contributed by atoms with Crippen molar-refractivity contribution < 1.29 is 9.60 Å². The minimum absolute atomic E-state index is 0.260. The highest BCUT2D eigenvalue weighted by molar-refractivity contribution is 5.95. The first-order valence-corrected chi connectivity index (χ1v) is 3.84. The van der Waals surface area contributed by atoms with Crippen molar-refractivity contribution in [2.24, 2.45) is 5.16 Å². The summed E-state index contributed by atoms with van der Waals surface area (Å²) in [4.78, 5) is 0. The molecule has 0 saturated heterocycles. The van der Waals surface area contributed by atoms with E-state index in [0.717, 1.165) is 5.56 Å². The molecular formula is C10H10FNO. The summed E-state index contributed by atoms with van der Waals surface area (Å²) in [5, 5.41) is 11.3. The molecule has 0 aliphatic heterocycles. The van der Waals surface area contributed by atoms with Gasteiger partial charge >= 0.3 is 0 Å². The molecule has 0 atom stereocenters. The molecule has 0 fully saturated rings. The highest BCUT2D eigenvalue weighted by atomic mass is 19.1. The number of oxime groups is 1. The predicted molar refractivity (Wildman–Crippen MR) is 50.3 cm³/mol. The van der Waals surface area contributed by atoms with Crippen LogP contribution in [0.25, 0.3) is 6.08 Å². The lowest BCUT2D eigenvalue weighted by Gasteiger charge is -1.92. The third-order valence-electron chi connectivity index (χ3n) is 1.54. The lowest BCUT2D eigenvalue weighted by atomic mass is 10.2. The van der Waals surface area contributed by atoms with E-state index >= 15 is 0 Å². The number of hydrogen-bond acceptors (Lipinski definition) is 2. The van der Waals surface area contributed by atoms with Crippen LogP contribution in [-0.4, -0.2) is 10.9 Å². The zero-order valence-electron chi connectivity index (χ0n) is 7.24. The van der Waals surface area contributed by atoms with Crippen molar-refractivity contribution in [3.8, 4) is 0 Å². The molecule has 0 amide bonds. The first kappa shape index (κ1) is 9.45. The van der Waals surface area contributed by atoms with Crippen molar-refractivity contribution >= 4 is 11.8 Å². The first-order valence-electron chi connectivity index (χ1n) is 3.84. The molecule has 2 nitrogen and oxygen atoms in total. The Kier molecular flexibility index (Phi) is 3.20. The number of halogens is 1. The van der Waals surface area contributed by atoms with Gasteiger partial charge in [0.05, 0.1) is 5.71 Å². The maximum absolute atomic E-state index is 12.5. The van der Waals surface area contributed by atoms with E-state index in [0.29, 0.717) is 5.71 Å². The second kappa shape index (κ2) is 4.40. The van der Waals surface area contributed by atoms with Crippen molar-refractivity contribution in [2.75, 3.05) is 0 Å². The summed E-state index contributed by atoms with van der Waals surface area (Å²) >= 11 is 0. The highest BCUT2D eigenvalue weighted by Gasteiger charge is 1.88. The van der Waals surface area contributed by atoms with Crippen LogP contribution in [0, 0.1) is 5.82 Å². The monoisotopic (exact) mass is 179 g/mol. The van der Waals surface area contributed by atoms with Crippen LogP contribution in [0.5, 0.6) is 0 Å². The zero-order chi connectivity index (χ0) is 9.68. The molecule has 0 heterocycles. The Bertz CT molecular complexity index is 327. The SMILES string of the molecule is CC(/C=C/c1ccc(F)cc1)=N\O. The molecule has 3 heteroatoms. The number of nitrogens with zero attached hydrogens (tertiary/aromatic N) is 1. The summed E-state index contributed by atoms with van der Waals surface area (Å²) < 4.78 is 12.5. The van der Waals surface area contributed by atoms with Gasteiger partial charge in [-0.1, -0.05) is 23.4 Å². The van der Waals surface area contributed by atoms with Crippen LogP contribution in [0.3, 0.4) is 0 Å². The minimum atomic E-state index is -0.260. The van der Waals surface area contributed by atoms with E-state index in [1.54, 1.807) is 31.2 Å². The van der Waals surface area contributed by atoms with Crippen LogP contribution in [0.15, 0.2) is 35.5 Å². The molecule has 1 aromatic rings. The average Bonchev–Trinajstić information content (AvgIpc) is 2.16. The van der Waals surface area contributed by atoms with Gasteiger partial charge in [-0.15, -0.1) is 0 Å². The van der Waals surface area contributed by atoms with Crippen LogP contribution in [-0.2, 0) is 0 Å². The lowest BCUT2D eigenvalue weighted by molar-refractivity contribution is 0.319. The quantitative estimate of drug-likeness (QED) is 0.422. The summed E-state index contributed by atoms with van der Waals surface area (Å²) in [5.41, 5.74) is 1.37. The van der Waals surface area contributed by atoms with E-state index in [2.05, 4.69) is 5.16 Å². The highest BCUT2D eigenvalue weighted by Crippen LogP contribution is 2.04. The Morgan fingerprint density at radius 3 is 2.54 bits per heavy atom.